The maximum Gasteiger partial charge on any atom is 0.228 e. The molecule has 1 aromatic carbocycles. The zero-order valence-electron chi connectivity index (χ0n) is 21.3. The summed E-state index contributed by atoms with van der Waals surface area (Å²) in [6.07, 6.45) is 5.84. The molecule has 3 N–H and O–H groups in total. The molecule has 0 spiro atoms. The fourth-order valence-corrected chi connectivity index (χ4v) is 4.90. The Labute approximate surface area is 208 Å². The molecule has 2 heterocycles. The number of rotatable bonds is 11. The summed E-state index contributed by atoms with van der Waals surface area (Å²) in [6.45, 7) is 6.69. The van der Waals surface area contributed by atoms with E-state index in [2.05, 4.69) is 50.6 Å². The molecule has 2 aromatic rings. The average molecular weight is 485 g/mol. The Morgan fingerprint density at radius 1 is 1.26 bits per heavy atom. The van der Waals surface area contributed by atoms with Crippen LogP contribution in [0.2, 0.25) is 0 Å². The van der Waals surface area contributed by atoms with Gasteiger partial charge in [0.05, 0.1) is 17.9 Å². The molecule has 0 bridgehead atoms. The second-order valence-electron chi connectivity index (χ2n) is 10.7. The first-order chi connectivity index (χ1) is 16.8. The van der Waals surface area contributed by atoms with Gasteiger partial charge < -0.3 is 29.9 Å². The molecule has 4 rings (SSSR count). The third-order valence-corrected chi connectivity index (χ3v) is 7.27. The molecule has 2 aliphatic rings. The number of aliphatic hydroxyl groups excluding tert-OH is 1. The van der Waals surface area contributed by atoms with E-state index in [1.807, 2.05) is 0 Å². The number of aryl methyl sites for hydroxylation is 1. The summed E-state index contributed by atoms with van der Waals surface area (Å²) in [5, 5.41) is 17.1. The van der Waals surface area contributed by atoms with Gasteiger partial charge in [-0.3, -0.25) is 9.59 Å². The number of nitrogens with one attached hydrogen (secondary N) is 2. The van der Waals surface area contributed by atoms with Crippen LogP contribution in [0.3, 0.4) is 0 Å². The van der Waals surface area contributed by atoms with Crippen molar-refractivity contribution in [1.29, 1.82) is 0 Å². The van der Waals surface area contributed by atoms with Crippen molar-refractivity contribution in [3.8, 4) is 0 Å². The summed E-state index contributed by atoms with van der Waals surface area (Å²) in [6, 6.07) is 8.57. The topological polar surface area (TPSA) is 95.8 Å². The van der Waals surface area contributed by atoms with Gasteiger partial charge in [0.2, 0.25) is 11.8 Å². The lowest BCUT2D eigenvalue weighted by Gasteiger charge is -2.35. The van der Waals surface area contributed by atoms with E-state index in [1.165, 1.54) is 16.5 Å². The molecule has 8 nitrogen and oxygen atoms in total. The molecular formula is C27H40N4O4. The Hall–Kier alpha value is -2.42. The third kappa shape index (κ3) is 6.05. The van der Waals surface area contributed by atoms with Gasteiger partial charge in [-0.25, -0.2) is 0 Å². The molecule has 1 aliphatic carbocycles. The van der Waals surface area contributed by atoms with Crippen LogP contribution in [0, 0.1) is 11.3 Å². The van der Waals surface area contributed by atoms with E-state index < -0.39 is 5.41 Å². The highest BCUT2D eigenvalue weighted by Crippen LogP contribution is 2.33. The number of aliphatic hydroxyl groups is 1. The highest BCUT2D eigenvalue weighted by molar-refractivity contribution is 5.86. The minimum Gasteiger partial charge on any atom is -0.395 e. The van der Waals surface area contributed by atoms with E-state index in [1.54, 1.807) is 21.0 Å². The number of fused-ring (bicyclic) bond motifs is 1. The number of ether oxygens (including phenoxy) is 1. The number of para-hydroxylation sites is 1. The fourth-order valence-electron chi connectivity index (χ4n) is 4.90. The Kier molecular flexibility index (Phi) is 8.14. The monoisotopic (exact) mass is 484 g/mol. The van der Waals surface area contributed by atoms with Crippen LogP contribution in [0.25, 0.3) is 10.9 Å². The molecule has 1 saturated heterocycles. The number of hydrogen-bond acceptors (Lipinski definition) is 5. The van der Waals surface area contributed by atoms with Crippen LogP contribution in [0.5, 0.6) is 0 Å². The summed E-state index contributed by atoms with van der Waals surface area (Å²) in [5.41, 5.74) is 1.53. The van der Waals surface area contributed by atoms with Crippen LogP contribution < -0.4 is 10.6 Å². The number of carbonyl (C=O) groups excluding carboxylic acids is 2. The van der Waals surface area contributed by atoms with E-state index in [0.717, 1.165) is 32.4 Å². The predicted octanol–water partition coefficient (Wildman–Crippen LogP) is 2.28. The number of methoxy groups -OCH3 is 1. The average Bonchev–Trinajstić information content (AvgIpc) is 3.65. The summed E-state index contributed by atoms with van der Waals surface area (Å²) < 4.78 is 7.51. The Balaban J connectivity index is 1.47. The number of amides is 2. The van der Waals surface area contributed by atoms with E-state index in [-0.39, 0.29) is 30.4 Å². The van der Waals surface area contributed by atoms with Gasteiger partial charge in [-0.1, -0.05) is 18.2 Å². The normalized spacial score (nSPS) is 20.7. The van der Waals surface area contributed by atoms with Crippen molar-refractivity contribution in [2.24, 2.45) is 11.3 Å². The van der Waals surface area contributed by atoms with Crippen molar-refractivity contribution < 1.29 is 19.4 Å². The maximum atomic E-state index is 13.7. The molecule has 2 atom stereocenters. The van der Waals surface area contributed by atoms with Gasteiger partial charge in [0.15, 0.2) is 0 Å². The number of nitrogens with zero attached hydrogens (tertiary/aromatic N) is 2. The van der Waals surface area contributed by atoms with E-state index in [9.17, 15) is 14.7 Å². The largest absolute Gasteiger partial charge is 0.395 e. The van der Waals surface area contributed by atoms with Gasteiger partial charge in [-0.2, -0.15) is 0 Å². The number of piperidine rings is 1. The van der Waals surface area contributed by atoms with Crippen molar-refractivity contribution in [2.45, 2.75) is 64.7 Å². The number of benzene rings is 1. The van der Waals surface area contributed by atoms with Gasteiger partial charge in [0.25, 0.3) is 0 Å². The van der Waals surface area contributed by atoms with Gasteiger partial charge >= 0.3 is 0 Å². The second kappa shape index (κ2) is 11.1. The summed E-state index contributed by atoms with van der Waals surface area (Å²) in [7, 11) is 1.72. The van der Waals surface area contributed by atoms with Crippen molar-refractivity contribution in [1.82, 2.24) is 20.1 Å². The number of carbonyl (C=O) groups is 2. The Bertz CT molecular complexity index is 1030. The minimum atomic E-state index is -0.839. The summed E-state index contributed by atoms with van der Waals surface area (Å²) in [5.74, 6) is -0.196. The quantitative estimate of drug-likeness (QED) is 0.426. The van der Waals surface area contributed by atoms with Crippen LogP contribution in [-0.4, -0.2) is 71.9 Å². The van der Waals surface area contributed by atoms with Crippen LogP contribution in [0.1, 0.15) is 45.1 Å². The molecule has 35 heavy (non-hydrogen) atoms. The summed E-state index contributed by atoms with van der Waals surface area (Å²) >= 11 is 0. The SMILES string of the molecule is COCCCn1cc(CN(C(=O)[C@@H]2CNC[C@H](NC(=O)C(C)(C)CO)C2)C2CC2)c2ccccc21. The standard InChI is InChI=1S/C27H40N4O4/c1-27(2,18-32)26(34)29-21-13-19(14-28-15-21)25(33)31(22-9-10-22)17-20-16-30(11-6-12-35-3)24-8-5-4-7-23(20)24/h4-5,7-8,16,19,21-22,28,32H,6,9-15,17-18H2,1-3H3,(H,29,34)/t19-,21+/m0/s1. The van der Waals surface area contributed by atoms with Gasteiger partial charge in [-0.05, 0) is 51.2 Å². The minimum absolute atomic E-state index is 0.125. The van der Waals surface area contributed by atoms with Crippen molar-refractivity contribution in [2.75, 3.05) is 33.4 Å². The molecular weight excluding hydrogens is 444 g/mol. The molecule has 2 fully saturated rings. The molecule has 0 radical (unpaired) electrons. The number of hydrogen-bond donors (Lipinski definition) is 3. The van der Waals surface area contributed by atoms with Crippen LogP contribution in [0.15, 0.2) is 30.5 Å². The smallest absolute Gasteiger partial charge is 0.228 e. The van der Waals surface area contributed by atoms with E-state index in [4.69, 9.17) is 4.74 Å². The maximum absolute atomic E-state index is 13.7. The first kappa shape index (κ1) is 25.7. The fraction of sp³-hybridized carbons (Fsp3) is 0.630. The molecule has 1 saturated carbocycles. The Morgan fingerprint density at radius 2 is 2.03 bits per heavy atom. The molecule has 1 aliphatic heterocycles. The Morgan fingerprint density at radius 3 is 2.74 bits per heavy atom. The van der Waals surface area contributed by atoms with Crippen LogP contribution >= 0.6 is 0 Å². The van der Waals surface area contributed by atoms with Crippen molar-refractivity contribution >= 4 is 22.7 Å². The van der Waals surface area contributed by atoms with E-state index in [0.29, 0.717) is 32.1 Å². The lowest BCUT2D eigenvalue weighted by Crippen LogP contribution is -2.55. The zero-order chi connectivity index (χ0) is 25.0. The molecule has 0 unspecified atom stereocenters. The first-order valence-corrected chi connectivity index (χ1v) is 12.8. The molecule has 192 valence electrons. The van der Waals surface area contributed by atoms with Crippen LogP contribution in [0.4, 0.5) is 0 Å². The zero-order valence-corrected chi connectivity index (χ0v) is 21.3. The van der Waals surface area contributed by atoms with Crippen molar-refractivity contribution in [3.63, 3.8) is 0 Å². The van der Waals surface area contributed by atoms with Crippen molar-refractivity contribution in [3.05, 3.63) is 36.0 Å². The van der Waals surface area contributed by atoms with Gasteiger partial charge in [0, 0.05) is 69.1 Å². The molecule has 2 amide bonds. The molecule has 1 aromatic heterocycles. The molecule has 8 heteroatoms. The number of aromatic nitrogens is 1. The summed E-state index contributed by atoms with van der Waals surface area (Å²) in [4.78, 5) is 28.3. The highest BCUT2D eigenvalue weighted by atomic mass is 16.5. The van der Waals surface area contributed by atoms with Gasteiger partial charge in [-0.15, -0.1) is 0 Å². The lowest BCUT2D eigenvalue weighted by atomic mass is 9.90. The first-order valence-electron chi connectivity index (χ1n) is 12.8. The second-order valence-corrected chi connectivity index (χ2v) is 10.7. The lowest BCUT2D eigenvalue weighted by molar-refractivity contribution is -0.139. The van der Waals surface area contributed by atoms with Crippen LogP contribution in [-0.2, 0) is 27.4 Å². The van der Waals surface area contributed by atoms with E-state index >= 15 is 0 Å². The predicted molar refractivity (Wildman–Crippen MR) is 136 cm³/mol. The van der Waals surface area contributed by atoms with Gasteiger partial charge in [0.1, 0.15) is 0 Å². The third-order valence-electron chi connectivity index (χ3n) is 7.27. The highest BCUT2D eigenvalue weighted by Gasteiger charge is 2.39.